The second kappa shape index (κ2) is 8.02. The molecule has 132 valence electrons. The van der Waals surface area contributed by atoms with Gasteiger partial charge < -0.3 is 10.1 Å². The van der Waals surface area contributed by atoms with Crippen LogP contribution >= 0.6 is 12.4 Å². The second-order valence-electron chi connectivity index (χ2n) is 5.36. The van der Waals surface area contributed by atoms with Crippen LogP contribution in [0.3, 0.4) is 0 Å². The van der Waals surface area contributed by atoms with Crippen LogP contribution in [0.1, 0.15) is 18.5 Å². The lowest BCUT2D eigenvalue weighted by atomic mass is 10.1. The molecule has 1 N–H and O–H groups in total. The summed E-state index contributed by atoms with van der Waals surface area (Å²) in [6, 6.07) is 5.92. The van der Waals surface area contributed by atoms with Crippen LogP contribution in [0, 0.1) is 0 Å². The Balaban J connectivity index is 0.00000208. The predicted octanol–water partition coefficient (Wildman–Crippen LogP) is 1.62. The molecule has 0 spiro atoms. The van der Waals surface area contributed by atoms with Crippen LogP contribution in [0.5, 0.6) is 0 Å². The van der Waals surface area contributed by atoms with Gasteiger partial charge in [0, 0.05) is 25.8 Å². The molecule has 1 aromatic carbocycles. The van der Waals surface area contributed by atoms with Crippen molar-refractivity contribution in [3.05, 3.63) is 36.2 Å². The number of rotatable bonds is 5. The molecule has 1 aliphatic rings. The van der Waals surface area contributed by atoms with Crippen molar-refractivity contribution in [2.24, 2.45) is 0 Å². The zero-order chi connectivity index (χ0) is 16.3. The van der Waals surface area contributed by atoms with E-state index in [2.05, 4.69) is 15.6 Å². The third-order valence-electron chi connectivity index (χ3n) is 3.70. The number of hydrogen-bond donors (Lipinski definition) is 1. The van der Waals surface area contributed by atoms with E-state index in [9.17, 15) is 12.3 Å². The minimum absolute atomic E-state index is 0. The molecule has 0 amide bonds. The van der Waals surface area contributed by atoms with Gasteiger partial charge in [-0.1, -0.05) is 11.3 Å². The van der Waals surface area contributed by atoms with Crippen LogP contribution in [-0.2, 0) is 21.5 Å². The standard InChI is InChI=1S/C14H17FN4O3S.ClH/c15-23(20,21)14-3-1-2-13(8-14)19-10-12(17-18-19)9-16-11-4-6-22-7-5-11;/h1-3,8,10-11,16H,4-7,9H2;1H. The van der Waals surface area contributed by atoms with Crippen molar-refractivity contribution < 1.29 is 17.0 Å². The molecule has 1 saturated heterocycles. The summed E-state index contributed by atoms with van der Waals surface area (Å²) in [7, 11) is -4.74. The van der Waals surface area contributed by atoms with Crippen molar-refractivity contribution in [1.82, 2.24) is 20.3 Å². The SMILES string of the molecule is Cl.O=S(=O)(F)c1cccc(-n2cc(CNC3CCOCC3)nn2)c1. The van der Waals surface area contributed by atoms with Crippen LogP contribution in [0.4, 0.5) is 3.89 Å². The topological polar surface area (TPSA) is 86.1 Å². The minimum atomic E-state index is -4.74. The van der Waals surface area contributed by atoms with E-state index in [0.717, 1.165) is 31.7 Å². The zero-order valence-electron chi connectivity index (χ0n) is 12.8. The van der Waals surface area contributed by atoms with E-state index >= 15 is 0 Å². The fourth-order valence-corrected chi connectivity index (χ4v) is 2.94. The number of halogens is 2. The molecule has 0 radical (unpaired) electrons. The third kappa shape index (κ3) is 4.73. The van der Waals surface area contributed by atoms with E-state index in [1.807, 2.05) is 0 Å². The normalized spacial score (nSPS) is 15.9. The molecule has 0 unspecified atom stereocenters. The van der Waals surface area contributed by atoms with Gasteiger partial charge in [-0.2, -0.15) is 8.42 Å². The molecule has 3 rings (SSSR count). The van der Waals surface area contributed by atoms with Crippen molar-refractivity contribution in [2.45, 2.75) is 30.3 Å². The highest BCUT2D eigenvalue weighted by atomic mass is 35.5. The minimum Gasteiger partial charge on any atom is -0.381 e. The van der Waals surface area contributed by atoms with Gasteiger partial charge in [0.15, 0.2) is 0 Å². The van der Waals surface area contributed by atoms with Gasteiger partial charge in [-0.15, -0.1) is 21.4 Å². The maximum absolute atomic E-state index is 13.1. The van der Waals surface area contributed by atoms with E-state index in [1.54, 1.807) is 12.3 Å². The largest absolute Gasteiger partial charge is 0.381 e. The Bertz CT molecular complexity index is 778. The molecule has 1 aromatic heterocycles. The second-order valence-corrected chi connectivity index (χ2v) is 6.70. The summed E-state index contributed by atoms with van der Waals surface area (Å²) >= 11 is 0. The van der Waals surface area contributed by atoms with Gasteiger partial charge in [0.25, 0.3) is 0 Å². The maximum atomic E-state index is 13.1. The first-order valence-electron chi connectivity index (χ1n) is 7.30. The van der Waals surface area contributed by atoms with E-state index in [-0.39, 0.29) is 12.4 Å². The van der Waals surface area contributed by atoms with Gasteiger partial charge in [-0.05, 0) is 31.0 Å². The van der Waals surface area contributed by atoms with Crippen molar-refractivity contribution in [2.75, 3.05) is 13.2 Å². The number of ether oxygens (including phenoxy) is 1. The summed E-state index contributed by atoms with van der Waals surface area (Å²) in [6.07, 6.45) is 3.62. The van der Waals surface area contributed by atoms with Gasteiger partial charge >= 0.3 is 10.2 Å². The fourth-order valence-electron chi connectivity index (χ4n) is 2.43. The molecular formula is C14H18ClFN4O3S. The number of hydrogen-bond acceptors (Lipinski definition) is 6. The molecule has 0 atom stereocenters. The summed E-state index contributed by atoms with van der Waals surface area (Å²) in [4.78, 5) is -0.396. The van der Waals surface area contributed by atoms with E-state index < -0.39 is 15.1 Å². The highest BCUT2D eigenvalue weighted by Gasteiger charge is 2.15. The molecular weight excluding hydrogens is 359 g/mol. The highest BCUT2D eigenvalue weighted by molar-refractivity contribution is 7.86. The van der Waals surface area contributed by atoms with Gasteiger partial charge in [0.1, 0.15) is 4.90 Å². The van der Waals surface area contributed by atoms with Crippen LogP contribution in [-0.4, -0.2) is 42.7 Å². The number of aromatic nitrogens is 3. The number of benzene rings is 1. The molecule has 1 fully saturated rings. The lowest BCUT2D eigenvalue weighted by molar-refractivity contribution is 0.0775. The summed E-state index contributed by atoms with van der Waals surface area (Å²) < 4.78 is 41.7. The van der Waals surface area contributed by atoms with Gasteiger partial charge in [0.2, 0.25) is 0 Å². The third-order valence-corrected chi connectivity index (χ3v) is 4.51. The zero-order valence-corrected chi connectivity index (χ0v) is 14.4. The molecule has 0 saturated carbocycles. The van der Waals surface area contributed by atoms with Crippen LogP contribution in [0.15, 0.2) is 35.4 Å². The lowest BCUT2D eigenvalue weighted by Gasteiger charge is -2.22. The average molecular weight is 377 g/mol. The van der Waals surface area contributed by atoms with E-state index in [4.69, 9.17) is 4.74 Å². The maximum Gasteiger partial charge on any atom is 0.332 e. The summed E-state index contributed by atoms with van der Waals surface area (Å²) in [5.74, 6) is 0. The average Bonchev–Trinajstić information content (AvgIpc) is 3.02. The fraction of sp³-hybridized carbons (Fsp3) is 0.429. The van der Waals surface area contributed by atoms with Crippen molar-refractivity contribution in [1.29, 1.82) is 0 Å². The van der Waals surface area contributed by atoms with Gasteiger partial charge in [-0.3, -0.25) is 0 Å². The van der Waals surface area contributed by atoms with Crippen LogP contribution < -0.4 is 5.32 Å². The quantitative estimate of drug-likeness (QED) is 0.798. The Morgan fingerprint density at radius 1 is 1.33 bits per heavy atom. The lowest BCUT2D eigenvalue weighted by Crippen LogP contribution is -2.34. The Hall–Kier alpha value is -1.55. The Kier molecular flexibility index (Phi) is 6.27. The van der Waals surface area contributed by atoms with E-state index in [0.29, 0.717) is 18.3 Å². The molecule has 2 heterocycles. The highest BCUT2D eigenvalue weighted by Crippen LogP contribution is 2.16. The number of nitrogens with zero attached hydrogens (tertiary/aromatic N) is 3. The van der Waals surface area contributed by atoms with E-state index in [1.165, 1.54) is 22.9 Å². The van der Waals surface area contributed by atoms with Crippen LogP contribution in [0.2, 0.25) is 0 Å². The summed E-state index contributed by atoms with van der Waals surface area (Å²) in [6.45, 7) is 2.08. The molecule has 2 aromatic rings. The first kappa shape index (κ1) is 18.8. The molecule has 0 bridgehead atoms. The predicted molar refractivity (Wildman–Crippen MR) is 87.6 cm³/mol. The monoisotopic (exact) mass is 376 g/mol. The van der Waals surface area contributed by atoms with Crippen LogP contribution in [0.25, 0.3) is 5.69 Å². The van der Waals surface area contributed by atoms with Crippen molar-refractivity contribution >= 4 is 22.6 Å². The summed E-state index contributed by atoms with van der Waals surface area (Å²) in [5, 5.41) is 11.4. The summed E-state index contributed by atoms with van der Waals surface area (Å²) in [5.41, 5.74) is 1.17. The van der Waals surface area contributed by atoms with Gasteiger partial charge in [0.05, 0.1) is 17.6 Å². The molecule has 24 heavy (non-hydrogen) atoms. The first-order chi connectivity index (χ1) is 11.0. The van der Waals surface area contributed by atoms with Crippen molar-refractivity contribution in [3.63, 3.8) is 0 Å². The Morgan fingerprint density at radius 2 is 2.08 bits per heavy atom. The first-order valence-corrected chi connectivity index (χ1v) is 8.68. The molecule has 10 heteroatoms. The smallest absolute Gasteiger partial charge is 0.332 e. The van der Waals surface area contributed by atoms with Gasteiger partial charge in [-0.25, -0.2) is 4.68 Å². The Morgan fingerprint density at radius 3 is 2.79 bits per heavy atom. The Labute approximate surface area is 145 Å². The molecule has 1 aliphatic heterocycles. The van der Waals surface area contributed by atoms with Crippen molar-refractivity contribution in [3.8, 4) is 5.69 Å². The molecule has 7 nitrogen and oxygen atoms in total. The molecule has 0 aliphatic carbocycles. The number of nitrogens with one attached hydrogen (secondary N) is 1.